The molecule has 0 heterocycles. The van der Waals surface area contributed by atoms with Crippen LogP contribution in [-0.2, 0) is 19.1 Å². The number of nitrogens with one attached hydrogen (secondary N) is 2. The predicted molar refractivity (Wildman–Crippen MR) is 114 cm³/mol. The van der Waals surface area contributed by atoms with E-state index >= 15 is 0 Å². The molecule has 0 aromatic heterocycles. The summed E-state index contributed by atoms with van der Waals surface area (Å²) in [6.07, 6.45) is -6.35. The molecule has 34 heavy (non-hydrogen) atoms. The molecule has 182 valence electrons. The SMILES string of the molecule is COCC(NC(=O)OCC1c2ccccc2-c2ccccc21)C(=O)NC(C)(C(=O)O)C(F)(F)F. The molecule has 8 nitrogen and oxygen atoms in total. The van der Waals surface area contributed by atoms with Gasteiger partial charge in [0.2, 0.25) is 11.4 Å². The Labute approximate surface area is 193 Å². The van der Waals surface area contributed by atoms with Crippen molar-refractivity contribution in [2.75, 3.05) is 20.3 Å². The number of carbonyl (C=O) groups is 3. The number of carbonyl (C=O) groups excluding carboxylic acids is 2. The van der Waals surface area contributed by atoms with E-state index in [0.29, 0.717) is 6.92 Å². The number of hydrogen-bond donors (Lipinski definition) is 3. The Balaban J connectivity index is 1.69. The molecule has 2 aromatic carbocycles. The average molecular weight is 480 g/mol. The van der Waals surface area contributed by atoms with Crippen LogP contribution in [0.3, 0.4) is 0 Å². The topological polar surface area (TPSA) is 114 Å². The smallest absolute Gasteiger partial charge is 0.422 e. The second-order valence-electron chi connectivity index (χ2n) is 7.89. The minimum atomic E-state index is -5.28. The van der Waals surface area contributed by atoms with Crippen LogP contribution in [0, 0.1) is 0 Å². The predicted octanol–water partition coefficient (Wildman–Crippen LogP) is 3.06. The Hall–Kier alpha value is -3.60. The molecule has 0 radical (unpaired) electrons. The summed E-state index contributed by atoms with van der Waals surface area (Å²) in [5.74, 6) is -3.96. The van der Waals surface area contributed by atoms with Crippen molar-refractivity contribution < 1.29 is 42.1 Å². The maximum atomic E-state index is 13.2. The van der Waals surface area contributed by atoms with Gasteiger partial charge in [-0.3, -0.25) is 4.79 Å². The molecular formula is C23H23F3N2O6. The number of hydrogen-bond acceptors (Lipinski definition) is 5. The highest BCUT2D eigenvalue weighted by Gasteiger charge is 2.59. The zero-order chi connectivity index (χ0) is 25.1. The van der Waals surface area contributed by atoms with Crippen LogP contribution in [0.1, 0.15) is 24.0 Å². The number of methoxy groups -OCH3 is 1. The van der Waals surface area contributed by atoms with Gasteiger partial charge in [-0.05, 0) is 29.2 Å². The number of amides is 2. The fraction of sp³-hybridized carbons (Fsp3) is 0.348. The molecule has 2 unspecified atom stereocenters. The number of halogens is 3. The highest BCUT2D eigenvalue weighted by atomic mass is 19.4. The van der Waals surface area contributed by atoms with Crippen molar-refractivity contribution in [2.45, 2.75) is 30.6 Å². The van der Waals surface area contributed by atoms with Crippen molar-refractivity contribution in [1.29, 1.82) is 0 Å². The number of rotatable bonds is 8. The lowest BCUT2D eigenvalue weighted by atomic mass is 9.98. The minimum Gasteiger partial charge on any atom is -0.479 e. The Morgan fingerprint density at radius 1 is 1.03 bits per heavy atom. The van der Waals surface area contributed by atoms with Crippen molar-refractivity contribution in [3.8, 4) is 11.1 Å². The van der Waals surface area contributed by atoms with Gasteiger partial charge in [0.15, 0.2) is 0 Å². The standard InChI is InChI=1S/C23H23F3N2O6/c1-22(20(30)31,23(24,25)26)28-19(29)18(12-33-2)27-21(32)34-11-17-15-9-5-3-7-13(15)14-8-4-6-10-16(14)17/h3-10,17-18H,11-12H2,1-2H3,(H,27,32)(H,28,29)(H,30,31). The number of alkyl halides is 3. The molecule has 0 fully saturated rings. The largest absolute Gasteiger partial charge is 0.479 e. The molecule has 0 saturated carbocycles. The third-order valence-corrected chi connectivity index (χ3v) is 5.65. The third kappa shape index (κ3) is 4.84. The molecule has 1 aliphatic carbocycles. The second-order valence-corrected chi connectivity index (χ2v) is 7.89. The maximum Gasteiger partial charge on any atom is 0.422 e. The van der Waals surface area contributed by atoms with Gasteiger partial charge in [0.1, 0.15) is 12.6 Å². The number of ether oxygens (including phenoxy) is 2. The van der Waals surface area contributed by atoms with Gasteiger partial charge < -0.3 is 25.2 Å². The van der Waals surface area contributed by atoms with Crippen LogP contribution in [0.2, 0.25) is 0 Å². The van der Waals surface area contributed by atoms with E-state index < -0.39 is 42.3 Å². The normalized spacial score (nSPS) is 15.4. The van der Waals surface area contributed by atoms with Gasteiger partial charge in [-0.2, -0.15) is 13.2 Å². The van der Waals surface area contributed by atoms with Crippen LogP contribution >= 0.6 is 0 Å². The molecule has 0 bridgehead atoms. The summed E-state index contributed by atoms with van der Waals surface area (Å²) in [6.45, 7) is -0.287. The number of carboxylic acid groups (broad SMARTS) is 1. The maximum absolute atomic E-state index is 13.2. The lowest BCUT2D eigenvalue weighted by Crippen LogP contribution is -2.65. The Morgan fingerprint density at radius 2 is 1.56 bits per heavy atom. The van der Waals surface area contributed by atoms with E-state index in [1.165, 1.54) is 12.4 Å². The molecule has 1 aliphatic rings. The molecule has 11 heteroatoms. The van der Waals surface area contributed by atoms with E-state index in [1.54, 1.807) is 0 Å². The first kappa shape index (κ1) is 25.0. The molecule has 2 atom stereocenters. The number of fused-ring (bicyclic) bond motifs is 3. The molecule has 3 rings (SSSR count). The van der Waals surface area contributed by atoms with Crippen molar-refractivity contribution in [1.82, 2.24) is 10.6 Å². The lowest BCUT2D eigenvalue weighted by Gasteiger charge is -2.30. The number of alkyl carbamates (subject to hydrolysis) is 1. The van der Waals surface area contributed by atoms with E-state index in [1.807, 2.05) is 48.5 Å². The number of benzene rings is 2. The monoisotopic (exact) mass is 480 g/mol. The quantitative estimate of drug-likeness (QED) is 0.535. The summed E-state index contributed by atoms with van der Waals surface area (Å²) in [6, 6.07) is 13.6. The molecule has 0 spiro atoms. The molecule has 0 aliphatic heterocycles. The summed E-state index contributed by atoms with van der Waals surface area (Å²) in [5, 5.41) is 12.6. The fourth-order valence-electron chi connectivity index (χ4n) is 3.71. The zero-order valence-corrected chi connectivity index (χ0v) is 18.3. The second kappa shape index (κ2) is 9.72. The summed E-state index contributed by atoms with van der Waals surface area (Å²) in [4.78, 5) is 36.0. The van der Waals surface area contributed by atoms with Crippen LogP contribution < -0.4 is 10.6 Å². The highest BCUT2D eigenvalue weighted by Crippen LogP contribution is 2.44. The van der Waals surface area contributed by atoms with E-state index in [9.17, 15) is 27.6 Å². The Bertz CT molecular complexity index is 1040. The average Bonchev–Trinajstić information content (AvgIpc) is 3.10. The van der Waals surface area contributed by atoms with Gasteiger partial charge in [-0.25, -0.2) is 9.59 Å². The van der Waals surface area contributed by atoms with Crippen molar-refractivity contribution in [2.24, 2.45) is 0 Å². The van der Waals surface area contributed by atoms with E-state index in [4.69, 9.17) is 14.6 Å². The van der Waals surface area contributed by atoms with Crippen LogP contribution in [0.5, 0.6) is 0 Å². The van der Waals surface area contributed by atoms with Gasteiger partial charge in [-0.1, -0.05) is 48.5 Å². The molecular weight excluding hydrogens is 457 g/mol. The van der Waals surface area contributed by atoms with Crippen LogP contribution in [-0.4, -0.2) is 61.2 Å². The number of aliphatic carboxylic acids is 1. The lowest BCUT2D eigenvalue weighted by molar-refractivity contribution is -0.207. The fourth-order valence-corrected chi connectivity index (χ4v) is 3.71. The first-order valence-electron chi connectivity index (χ1n) is 10.2. The van der Waals surface area contributed by atoms with E-state index in [-0.39, 0.29) is 12.5 Å². The van der Waals surface area contributed by atoms with Crippen LogP contribution in [0.15, 0.2) is 48.5 Å². The van der Waals surface area contributed by atoms with Crippen LogP contribution in [0.4, 0.5) is 18.0 Å². The zero-order valence-electron chi connectivity index (χ0n) is 18.3. The molecule has 2 amide bonds. The summed E-state index contributed by atoms with van der Waals surface area (Å²) in [7, 11) is 1.17. The summed E-state index contributed by atoms with van der Waals surface area (Å²) >= 11 is 0. The van der Waals surface area contributed by atoms with E-state index in [0.717, 1.165) is 22.3 Å². The first-order valence-corrected chi connectivity index (χ1v) is 10.2. The van der Waals surface area contributed by atoms with E-state index in [2.05, 4.69) is 5.32 Å². The van der Waals surface area contributed by atoms with Gasteiger partial charge in [0.05, 0.1) is 6.61 Å². The van der Waals surface area contributed by atoms with Crippen molar-refractivity contribution >= 4 is 18.0 Å². The van der Waals surface area contributed by atoms with Crippen LogP contribution in [0.25, 0.3) is 11.1 Å². The van der Waals surface area contributed by atoms with Crippen molar-refractivity contribution in [3.63, 3.8) is 0 Å². The minimum absolute atomic E-state index is 0.0867. The first-order chi connectivity index (χ1) is 16.0. The van der Waals surface area contributed by atoms with Gasteiger partial charge in [0.25, 0.3) is 0 Å². The highest BCUT2D eigenvalue weighted by molar-refractivity contribution is 5.91. The molecule has 0 saturated heterocycles. The summed E-state index contributed by atoms with van der Waals surface area (Å²) in [5.41, 5.74) is 0.349. The summed E-state index contributed by atoms with van der Waals surface area (Å²) < 4.78 is 49.8. The van der Waals surface area contributed by atoms with Gasteiger partial charge in [0, 0.05) is 13.0 Å². The van der Waals surface area contributed by atoms with Gasteiger partial charge >= 0.3 is 18.2 Å². The number of carboxylic acids is 1. The molecule has 3 N–H and O–H groups in total. The third-order valence-electron chi connectivity index (χ3n) is 5.65. The molecule has 2 aromatic rings. The Kier molecular flexibility index (Phi) is 7.15. The van der Waals surface area contributed by atoms with Crippen molar-refractivity contribution in [3.05, 3.63) is 59.7 Å². The Morgan fingerprint density at radius 3 is 2.03 bits per heavy atom. The van der Waals surface area contributed by atoms with Gasteiger partial charge in [-0.15, -0.1) is 0 Å².